The molecule has 1 N–H and O–H groups in total. The summed E-state index contributed by atoms with van der Waals surface area (Å²) in [7, 11) is 0. The average molecular weight is 263 g/mol. The standard InChI is InChI=1S/C12H11ClN4O/c1-8-5-16-10(6-15-8)7-17-12(18)9-2-3-14-11(13)4-9/h2-6H,7H2,1H3,(H,17,18). The van der Waals surface area contributed by atoms with Crippen LogP contribution in [0.15, 0.2) is 30.7 Å². The average Bonchev–Trinajstić information content (AvgIpc) is 2.38. The molecule has 0 saturated carbocycles. The molecule has 0 fully saturated rings. The maximum atomic E-state index is 11.8. The third-order valence-corrected chi connectivity index (χ3v) is 2.46. The number of amides is 1. The number of rotatable bonds is 3. The number of nitrogens with zero attached hydrogens (tertiary/aromatic N) is 3. The SMILES string of the molecule is Cc1cnc(CNC(=O)c2ccnc(Cl)c2)cn1. The number of hydrogen-bond acceptors (Lipinski definition) is 4. The Kier molecular flexibility index (Phi) is 3.84. The summed E-state index contributed by atoms with van der Waals surface area (Å²) in [6.07, 6.45) is 4.78. The highest BCUT2D eigenvalue weighted by atomic mass is 35.5. The molecule has 0 aromatic carbocycles. The molecule has 0 unspecified atom stereocenters. The van der Waals surface area contributed by atoms with Crippen molar-refractivity contribution < 1.29 is 4.79 Å². The van der Waals surface area contributed by atoms with Crippen molar-refractivity contribution in [3.8, 4) is 0 Å². The smallest absolute Gasteiger partial charge is 0.251 e. The summed E-state index contributed by atoms with van der Waals surface area (Å²) in [5.41, 5.74) is 2.01. The maximum absolute atomic E-state index is 11.8. The van der Waals surface area contributed by atoms with E-state index in [-0.39, 0.29) is 11.1 Å². The van der Waals surface area contributed by atoms with Gasteiger partial charge in [-0.2, -0.15) is 0 Å². The van der Waals surface area contributed by atoms with Gasteiger partial charge >= 0.3 is 0 Å². The van der Waals surface area contributed by atoms with Crippen molar-refractivity contribution in [1.82, 2.24) is 20.3 Å². The Balaban J connectivity index is 1.98. The molecule has 6 heteroatoms. The van der Waals surface area contributed by atoms with E-state index in [9.17, 15) is 4.79 Å². The van der Waals surface area contributed by atoms with Gasteiger partial charge in [0.2, 0.25) is 0 Å². The van der Waals surface area contributed by atoms with Gasteiger partial charge in [-0.25, -0.2) is 4.98 Å². The molecular formula is C12H11ClN4O. The van der Waals surface area contributed by atoms with Crippen LogP contribution in [0.2, 0.25) is 5.15 Å². The van der Waals surface area contributed by atoms with E-state index in [0.29, 0.717) is 17.8 Å². The first-order valence-corrected chi connectivity index (χ1v) is 5.70. The van der Waals surface area contributed by atoms with Gasteiger partial charge in [-0.05, 0) is 19.1 Å². The molecule has 18 heavy (non-hydrogen) atoms. The Morgan fingerprint density at radius 1 is 1.33 bits per heavy atom. The molecule has 0 aliphatic rings. The van der Waals surface area contributed by atoms with Crippen LogP contribution in [0.1, 0.15) is 21.7 Å². The first kappa shape index (κ1) is 12.4. The second-order valence-corrected chi connectivity index (χ2v) is 4.09. The number of carbonyl (C=O) groups excluding carboxylic acids is 1. The van der Waals surface area contributed by atoms with Crippen LogP contribution in [0.5, 0.6) is 0 Å². The van der Waals surface area contributed by atoms with Gasteiger partial charge < -0.3 is 5.32 Å². The molecule has 2 aromatic heterocycles. The van der Waals surface area contributed by atoms with Crippen LogP contribution in [0.25, 0.3) is 0 Å². The van der Waals surface area contributed by atoms with Crippen molar-refractivity contribution in [2.24, 2.45) is 0 Å². The van der Waals surface area contributed by atoms with E-state index >= 15 is 0 Å². The zero-order valence-electron chi connectivity index (χ0n) is 9.72. The molecule has 0 aliphatic heterocycles. The van der Waals surface area contributed by atoms with Crippen LogP contribution in [-0.4, -0.2) is 20.9 Å². The van der Waals surface area contributed by atoms with Crippen LogP contribution in [0.4, 0.5) is 0 Å². The van der Waals surface area contributed by atoms with E-state index in [1.165, 1.54) is 12.3 Å². The van der Waals surface area contributed by atoms with Gasteiger partial charge in [0.1, 0.15) is 5.15 Å². The second kappa shape index (κ2) is 5.55. The molecule has 0 spiro atoms. The van der Waals surface area contributed by atoms with E-state index in [4.69, 9.17) is 11.6 Å². The number of nitrogens with one attached hydrogen (secondary N) is 1. The predicted octanol–water partition coefficient (Wildman–Crippen LogP) is 1.76. The highest BCUT2D eigenvalue weighted by Crippen LogP contribution is 2.06. The minimum absolute atomic E-state index is 0.221. The lowest BCUT2D eigenvalue weighted by molar-refractivity contribution is 0.0950. The Morgan fingerprint density at radius 3 is 2.83 bits per heavy atom. The fraction of sp³-hybridized carbons (Fsp3) is 0.167. The van der Waals surface area contributed by atoms with Gasteiger partial charge in [0.15, 0.2) is 0 Å². The molecule has 0 atom stereocenters. The Morgan fingerprint density at radius 2 is 2.17 bits per heavy atom. The van der Waals surface area contributed by atoms with Crippen LogP contribution in [-0.2, 0) is 6.54 Å². The zero-order chi connectivity index (χ0) is 13.0. The van der Waals surface area contributed by atoms with Gasteiger partial charge in [-0.3, -0.25) is 14.8 Å². The zero-order valence-corrected chi connectivity index (χ0v) is 10.5. The Labute approximate surface area is 109 Å². The number of carbonyl (C=O) groups is 1. The molecular weight excluding hydrogens is 252 g/mol. The van der Waals surface area contributed by atoms with Crippen LogP contribution < -0.4 is 5.32 Å². The fourth-order valence-electron chi connectivity index (χ4n) is 1.33. The summed E-state index contributed by atoms with van der Waals surface area (Å²) in [6.45, 7) is 2.18. The van der Waals surface area contributed by atoms with E-state index in [0.717, 1.165) is 5.69 Å². The predicted molar refractivity (Wildman–Crippen MR) is 67.2 cm³/mol. The molecule has 0 bridgehead atoms. The molecule has 0 radical (unpaired) electrons. The summed E-state index contributed by atoms with van der Waals surface area (Å²) < 4.78 is 0. The second-order valence-electron chi connectivity index (χ2n) is 3.70. The number of pyridine rings is 1. The molecule has 92 valence electrons. The van der Waals surface area contributed by atoms with Crippen molar-refractivity contribution in [1.29, 1.82) is 0 Å². The third-order valence-electron chi connectivity index (χ3n) is 2.25. The van der Waals surface area contributed by atoms with E-state index < -0.39 is 0 Å². The van der Waals surface area contributed by atoms with Crippen LogP contribution in [0, 0.1) is 6.92 Å². The Bertz CT molecular complexity index is 556. The first-order chi connectivity index (χ1) is 8.65. The molecule has 2 rings (SSSR count). The lowest BCUT2D eigenvalue weighted by Gasteiger charge is -2.04. The van der Waals surface area contributed by atoms with Gasteiger partial charge in [0.25, 0.3) is 5.91 Å². The van der Waals surface area contributed by atoms with Crippen molar-refractivity contribution in [2.75, 3.05) is 0 Å². The van der Waals surface area contributed by atoms with Crippen LogP contribution in [0.3, 0.4) is 0 Å². The van der Waals surface area contributed by atoms with Crippen molar-refractivity contribution in [3.05, 3.63) is 52.8 Å². The minimum Gasteiger partial charge on any atom is -0.346 e. The number of halogens is 1. The fourth-order valence-corrected chi connectivity index (χ4v) is 1.50. The van der Waals surface area contributed by atoms with E-state index in [2.05, 4.69) is 20.3 Å². The van der Waals surface area contributed by atoms with Gasteiger partial charge in [-0.15, -0.1) is 0 Å². The largest absolute Gasteiger partial charge is 0.346 e. The lowest BCUT2D eigenvalue weighted by atomic mass is 10.2. The van der Waals surface area contributed by atoms with E-state index in [1.54, 1.807) is 18.5 Å². The lowest BCUT2D eigenvalue weighted by Crippen LogP contribution is -2.23. The third kappa shape index (κ3) is 3.24. The molecule has 1 amide bonds. The number of hydrogen-bond donors (Lipinski definition) is 1. The molecule has 2 heterocycles. The Hall–Kier alpha value is -2.01. The summed E-state index contributed by atoms with van der Waals surface area (Å²) in [6, 6.07) is 3.11. The van der Waals surface area contributed by atoms with Gasteiger partial charge in [0, 0.05) is 18.0 Å². The first-order valence-electron chi connectivity index (χ1n) is 5.32. The maximum Gasteiger partial charge on any atom is 0.251 e. The van der Waals surface area contributed by atoms with Gasteiger partial charge in [0.05, 0.1) is 24.1 Å². The minimum atomic E-state index is -0.221. The van der Waals surface area contributed by atoms with Crippen LogP contribution >= 0.6 is 11.6 Å². The summed E-state index contributed by atoms with van der Waals surface area (Å²) in [5, 5.41) is 3.02. The highest BCUT2D eigenvalue weighted by Gasteiger charge is 2.06. The summed E-state index contributed by atoms with van der Waals surface area (Å²) in [5.74, 6) is -0.221. The normalized spacial score (nSPS) is 10.1. The van der Waals surface area contributed by atoms with Gasteiger partial charge in [-0.1, -0.05) is 11.6 Å². The molecule has 5 nitrogen and oxygen atoms in total. The summed E-state index contributed by atoms with van der Waals surface area (Å²) >= 11 is 5.71. The van der Waals surface area contributed by atoms with Crippen molar-refractivity contribution in [2.45, 2.75) is 13.5 Å². The quantitative estimate of drug-likeness (QED) is 0.856. The van der Waals surface area contributed by atoms with Crippen molar-refractivity contribution >= 4 is 17.5 Å². The summed E-state index contributed by atoms with van der Waals surface area (Å²) in [4.78, 5) is 23.8. The highest BCUT2D eigenvalue weighted by molar-refractivity contribution is 6.29. The number of aryl methyl sites for hydroxylation is 1. The van der Waals surface area contributed by atoms with E-state index in [1.807, 2.05) is 6.92 Å². The topological polar surface area (TPSA) is 67.8 Å². The molecule has 2 aromatic rings. The monoisotopic (exact) mass is 262 g/mol. The number of aromatic nitrogens is 3. The molecule has 0 aliphatic carbocycles. The van der Waals surface area contributed by atoms with Crippen molar-refractivity contribution in [3.63, 3.8) is 0 Å². The molecule has 0 saturated heterocycles.